The summed E-state index contributed by atoms with van der Waals surface area (Å²) in [5.41, 5.74) is 9.27. The Morgan fingerprint density at radius 2 is 1.51 bits per heavy atom. The molecule has 0 saturated heterocycles. The number of unbranched alkanes of at least 4 members (excludes halogenated alkanes) is 1. The molecule has 214 valence electrons. The molecular weight excluding hydrogens is 512 g/mol. The number of likely N-dealkylation sites (N-methyl/N-ethyl adjacent to an activating group) is 1. The molecule has 3 aromatic carbocycles. The lowest BCUT2D eigenvalue weighted by molar-refractivity contribution is -0.137. The Morgan fingerprint density at radius 1 is 0.878 bits per heavy atom. The highest BCUT2D eigenvalue weighted by atomic mass is 16.2. The molecule has 41 heavy (non-hydrogen) atoms. The highest BCUT2D eigenvalue weighted by molar-refractivity contribution is 6.09. The fourth-order valence-corrected chi connectivity index (χ4v) is 5.30. The Kier molecular flexibility index (Phi) is 10.5. The Bertz CT molecular complexity index is 1450. The van der Waals surface area contributed by atoms with Crippen molar-refractivity contribution >= 4 is 28.5 Å². The van der Waals surface area contributed by atoms with Crippen molar-refractivity contribution in [1.82, 2.24) is 14.8 Å². The third kappa shape index (κ3) is 7.92. The van der Waals surface area contributed by atoms with Crippen molar-refractivity contribution in [1.29, 1.82) is 0 Å². The molecule has 0 spiro atoms. The van der Waals surface area contributed by atoms with Gasteiger partial charge in [0.15, 0.2) is 5.78 Å². The van der Waals surface area contributed by atoms with Gasteiger partial charge in [-0.2, -0.15) is 0 Å². The summed E-state index contributed by atoms with van der Waals surface area (Å²) >= 11 is 0. The van der Waals surface area contributed by atoms with Gasteiger partial charge in [-0.15, -0.1) is 0 Å². The summed E-state index contributed by atoms with van der Waals surface area (Å²) in [4.78, 5) is 42.7. The minimum Gasteiger partial charge on any atom is -0.350 e. The normalized spacial score (nSPS) is 12.6. The lowest BCUT2D eigenvalue weighted by atomic mass is 9.91. The Labute approximate surface area is 242 Å². The zero-order valence-electron chi connectivity index (χ0n) is 24.0. The maximum Gasteiger partial charge on any atom is 0.245 e. The van der Waals surface area contributed by atoms with Crippen molar-refractivity contribution in [3.63, 3.8) is 0 Å². The van der Waals surface area contributed by atoms with Gasteiger partial charge in [0.1, 0.15) is 6.04 Å². The van der Waals surface area contributed by atoms with Gasteiger partial charge in [0.25, 0.3) is 0 Å². The third-order valence-electron chi connectivity index (χ3n) is 7.54. The molecule has 4 rings (SSSR count). The molecule has 3 N–H and O–H groups in total. The van der Waals surface area contributed by atoms with Crippen LogP contribution in [0.1, 0.15) is 47.2 Å². The van der Waals surface area contributed by atoms with E-state index < -0.39 is 12.0 Å². The molecule has 2 atom stereocenters. The summed E-state index contributed by atoms with van der Waals surface area (Å²) in [6.07, 6.45) is 4.27. The smallest absolute Gasteiger partial charge is 0.245 e. The van der Waals surface area contributed by atoms with Crippen LogP contribution in [-0.2, 0) is 29.6 Å². The summed E-state index contributed by atoms with van der Waals surface area (Å²) in [7, 11) is 3.67. The average Bonchev–Trinajstić information content (AvgIpc) is 3.33. The Morgan fingerprint density at radius 3 is 2.20 bits per heavy atom. The molecule has 7 nitrogen and oxygen atoms in total. The molecule has 0 aliphatic heterocycles. The monoisotopic (exact) mass is 552 g/mol. The molecule has 2 amide bonds. The van der Waals surface area contributed by atoms with Crippen molar-refractivity contribution in [2.45, 2.75) is 44.7 Å². The predicted octanol–water partition coefficient (Wildman–Crippen LogP) is 4.88. The van der Waals surface area contributed by atoms with Crippen LogP contribution in [0.25, 0.3) is 10.9 Å². The first-order valence-electron chi connectivity index (χ1n) is 14.3. The fourth-order valence-electron chi connectivity index (χ4n) is 5.30. The van der Waals surface area contributed by atoms with Crippen LogP contribution >= 0.6 is 0 Å². The predicted molar refractivity (Wildman–Crippen MR) is 163 cm³/mol. The largest absolute Gasteiger partial charge is 0.350 e. The molecule has 7 heteroatoms. The summed E-state index contributed by atoms with van der Waals surface area (Å²) in [6.45, 7) is 0.950. The number of amides is 2. The van der Waals surface area contributed by atoms with Gasteiger partial charge in [-0.25, -0.2) is 0 Å². The summed E-state index contributed by atoms with van der Waals surface area (Å²) in [5, 5.41) is 3.92. The first-order valence-corrected chi connectivity index (χ1v) is 14.3. The van der Waals surface area contributed by atoms with E-state index in [2.05, 4.69) is 5.32 Å². The zero-order valence-corrected chi connectivity index (χ0v) is 24.0. The van der Waals surface area contributed by atoms with Gasteiger partial charge >= 0.3 is 0 Å². The van der Waals surface area contributed by atoms with Gasteiger partial charge in [-0.05, 0) is 36.6 Å². The molecule has 0 radical (unpaired) electrons. The zero-order chi connectivity index (χ0) is 29.2. The number of rotatable bonds is 14. The van der Waals surface area contributed by atoms with Gasteiger partial charge in [-0.1, -0.05) is 85.3 Å². The van der Waals surface area contributed by atoms with Crippen LogP contribution in [-0.4, -0.2) is 46.7 Å². The number of nitrogens with zero attached hydrogens (tertiary/aromatic N) is 2. The molecule has 1 heterocycles. The number of benzene rings is 3. The molecule has 0 fully saturated rings. The van der Waals surface area contributed by atoms with Crippen molar-refractivity contribution in [2.75, 3.05) is 13.6 Å². The SMILES string of the molecule is CN(Cc1ccccc1)C(=O)[C@H](Cc1ccccc1)NC(=O)[C@H](CCCCN)CC(=O)c1cn(C)c2ccccc12. The van der Waals surface area contributed by atoms with Crippen LogP contribution in [0.2, 0.25) is 0 Å². The number of carbonyl (C=O) groups excluding carboxylic acids is 3. The number of nitrogens with two attached hydrogens (primary N) is 1. The van der Waals surface area contributed by atoms with E-state index in [1.54, 1.807) is 11.9 Å². The maximum absolute atomic E-state index is 13.8. The summed E-state index contributed by atoms with van der Waals surface area (Å²) in [5.74, 6) is -1.11. The fraction of sp³-hybridized carbons (Fsp3) is 0.324. The second kappa shape index (κ2) is 14.4. The summed E-state index contributed by atoms with van der Waals surface area (Å²) < 4.78 is 1.93. The van der Waals surface area contributed by atoms with Crippen LogP contribution in [0.5, 0.6) is 0 Å². The van der Waals surface area contributed by atoms with Crippen LogP contribution in [0.3, 0.4) is 0 Å². The minimum atomic E-state index is -0.761. The van der Waals surface area contributed by atoms with Crippen LogP contribution in [0.4, 0.5) is 0 Å². The molecule has 4 aromatic rings. The van der Waals surface area contributed by atoms with Gasteiger partial charge in [0, 0.05) is 62.1 Å². The molecule has 0 saturated carbocycles. The second-order valence-corrected chi connectivity index (χ2v) is 10.7. The number of nitrogens with one attached hydrogen (secondary N) is 1. The molecule has 0 aliphatic rings. The number of fused-ring (bicyclic) bond motifs is 1. The van der Waals surface area contributed by atoms with Gasteiger partial charge in [-0.3, -0.25) is 14.4 Å². The van der Waals surface area contributed by atoms with Crippen LogP contribution in [0.15, 0.2) is 91.1 Å². The molecular formula is C34H40N4O3. The number of hydrogen-bond acceptors (Lipinski definition) is 4. The average molecular weight is 553 g/mol. The first kappa shape index (κ1) is 29.7. The van der Waals surface area contributed by atoms with Crippen LogP contribution in [0, 0.1) is 5.92 Å². The maximum atomic E-state index is 13.8. The van der Waals surface area contributed by atoms with Gasteiger partial charge in [0.2, 0.25) is 11.8 Å². The number of ketones is 1. The molecule has 0 bridgehead atoms. The van der Waals surface area contributed by atoms with E-state index >= 15 is 0 Å². The van der Waals surface area contributed by atoms with Crippen molar-refractivity contribution in [2.24, 2.45) is 18.7 Å². The van der Waals surface area contributed by atoms with E-state index in [4.69, 9.17) is 5.73 Å². The lowest BCUT2D eigenvalue weighted by Crippen LogP contribution is -2.50. The molecule has 0 aliphatic carbocycles. The van der Waals surface area contributed by atoms with E-state index in [0.29, 0.717) is 31.5 Å². The van der Waals surface area contributed by atoms with E-state index in [0.717, 1.165) is 34.9 Å². The van der Waals surface area contributed by atoms with E-state index in [9.17, 15) is 14.4 Å². The van der Waals surface area contributed by atoms with Crippen LogP contribution < -0.4 is 11.1 Å². The molecule has 0 unspecified atom stereocenters. The van der Waals surface area contributed by atoms with E-state index in [1.807, 2.05) is 103 Å². The Hall–Kier alpha value is -4.23. The quantitative estimate of drug-likeness (QED) is 0.172. The van der Waals surface area contributed by atoms with E-state index in [-0.39, 0.29) is 24.0 Å². The second-order valence-electron chi connectivity index (χ2n) is 10.7. The number of para-hydroxylation sites is 1. The summed E-state index contributed by atoms with van der Waals surface area (Å²) in [6, 6.07) is 26.4. The number of hydrogen-bond donors (Lipinski definition) is 2. The van der Waals surface area contributed by atoms with Gasteiger partial charge < -0.3 is 20.5 Å². The Balaban J connectivity index is 1.54. The first-order chi connectivity index (χ1) is 19.9. The highest BCUT2D eigenvalue weighted by Gasteiger charge is 2.30. The number of Topliss-reactive ketones (excluding diaryl/α,β-unsaturated/α-hetero) is 1. The number of aromatic nitrogens is 1. The molecule has 1 aromatic heterocycles. The van der Waals surface area contributed by atoms with Crippen molar-refractivity contribution in [3.05, 3.63) is 108 Å². The van der Waals surface area contributed by atoms with E-state index in [1.165, 1.54) is 0 Å². The van der Waals surface area contributed by atoms with Crippen molar-refractivity contribution < 1.29 is 14.4 Å². The number of aryl methyl sites for hydroxylation is 1. The minimum absolute atomic E-state index is 0.0660. The van der Waals surface area contributed by atoms with Crippen molar-refractivity contribution in [3.8, 4) is 0 Å². The third-order valence-corrected chi connectivity index (χ3v) is 7.54. The lowest BCUT2D eigenvalue weighted by Gasteiger charge is -2.27. The van der Waals surface area contributed by atoms with Gasteiger partial charge in [0.05, 0.1) is 0 Å². The standard InChI is InChI=1S/C34H40N4O3/c1-37-24-29(28-18-9-10-19-31(28)37)32(39)22-27(17-11-12-20-35)33(40)36-30(21-25-13-5-3-6-14-25)34(41)38(2)23-26-15-7-4-8-16-26/h3-10,13-16,18-19,24,27,30H,11-12,17,20-23,35H2,1-2H3,(H,36,40)/t27-,30+/m1/s1. The number of carbonyl (C=O) groups is 3. The highest BCUT2D eigenvalue weighted by Crippen LogP contribution is 2.25. The topological polar surface area (TPSA) is 97.4 Å².